The Hall–Kier alpha value is -3.28. The highest BCUT2D eigenvalue weighted by molar-refractivity contribution is 5.94. The van der Waals surface area contributed by atoms with E-state index in [0.717, 1.165) is 16.7 Å². The van der Waals surface area contributed by atoms with E-state index < -0.39 is 0 Å². The third-order valence-corrected chi connectivity index (χ3v) is 4.11. The van der Waals surface area contributed by atoms with Crippen molar-refractivity contribution < 1.29 is 4.79 Å². The summed E-state index contributed by atoms with van der Waals surface area (Å²) in [6.07, 6.45) is 6.53. The number of hydrogen-bond donors (Lipinski definition) is 1. The van der Waals surface area contributed by atoms with Gasteiger partial charge >= 0.3 is 0 Å². The molecule has 0 aliphatic heterocycles. The molecule has 6 nitrogen and oxygen atoms in total. The van der Waals surface area contributed by atoms with Crippen molar-refractivity contribution in [1.82, 2.24) is 20.3 Å². The van der Waals surface area contributed by atoms with E-state index in [4.69, 9.17) is 0 Å². The van der Waals surface area contributed by atoms with Crippen LogP contribution in [0.1, 0.15) is 33.1 Å². The smallest absolute Gasteiger partial charge is 0.255 e. The minimum absolute atomic E-state index is 0.222. The van der Waals surface area contributed by atoms with Gasteiger partial charge in [0.15, 0.2) is 0 Å². The highest BCUT2D eigenvalue weighted by Crippen LogP contribution is 2.25. The fourth-order valence-corrected chi connectivity index (χ4v) is 2.69. The highest BCUT2D eigenvalue weighted by atomic mass is 16.1. The molecule has 6 heteroatoms. The minimum atomic E-state index is -0.278. The second kappa shape index (κ2) is 7.74. The number of carbonyl (C=O) groups excluding carboxylic acids is 1. The van der Waals surface area contributed by atoms with Crippen molar-refractivity contribution in [2.75, 3.05) is 19.0 Å². The number of nitrogens with zero attached hydrogens (tertiary/aromatic N) is 4. The van der Waals surface area contributed by atoms with Crippen molar-refractivity contribution in [2.24, 2.45) is 0 Å². The number of hydrogen-bond acceptors (Lipinski definition) is 5. The van der Waals surface area contributed by atoms with Crippen LogP contribution in [0.25, 0.3) is 0 Å². The number of pyridine rings is 1. The summed E-state index contributed by atoms with van der Waals surface area (Å²) in [6, 6.07) is 11.5. The van der Waals surface area contributed by atoms with Gasteiger partial charge in [0.25, 0.3) is 5.91 Å². The first-order valence-corrected chi connectivity index (χ1v) is 8.32. The Morgan fingerprint density at radius 2 is 1.69 bits per heavy atom. The second-order valence-corrected chi connectivity index (χ2v) is 6.21. The third kappa shape index (κ3) is 3.85. The van der Waals surface area contributed by atoms with Gasteiger partial charge in [-0.1, -0.05) is 24.3 Å². The lowest BCUT2D eigenvalue weighted by Gasteiger charge is -2.21. The molecule has 0 bridgehead atoms. The van der Waals surface area contributed by atoms with Crippen molar-refractivity contribution in [1.29, 1.82) is 0 Å². The predicted molar refractivity (Wildman–Crippen MR) is 101 cm³/mol. The molecule has 1 amide bonds. The first-order valence-electron chi connectivity index (χ1n) is 8.32. The Bertz CT molecular complexity index is 878. The normalized spacial score (nSPS) is 11.7. The fraction of sp³-hybridized carbons (Fsp3) is 0.200. The van der Waals surface area contributed by atoms with Gasteiger partial charge in [-0.3, -0.25) is 9.78 Å². The van der Waals surface area contributed by atoms with Crippen LogP contribution in [0.5, 0.6) is 0 Å². The molecule has 1 atom stereocenters. The molecular formula is C20H21N5O. The van der Waals surface area contributed by atoms with Crippen LogP contribution in [0.2, 0.25) is 0 Å². The molecule has 0 aliphatic carbocycles. The van der Waals surface area contributed by atoms with Crippen LogP contribution in [-0.2, 0) is 0 Å². The maximum absolute atomic E-state index is 12.8. The Balaban J connectivity index is 1.91. The van der Waals surface area contributed by atoms with Gasteiger partial charge in [0.1, 0.15) is 0 Å². The molecule has 1 aromatic carbocycles. The van der Waals surface area contributed by atoms with E-state index in [1.54, 1.807) is 29.7 Å². The average molecular weight is 347 g/mol. The molecule has 2 aromatic heterocycles. The number of aromatic nitrogens is 3. The van der Waals surface area contributed by atoms with Gasteiger partial charge in [-0.25, -0.2) is 9.97 Å². The summed E-state index contributed by atoms with van der Waals surface area (Å²) < 4.78 is 0. The molecule has 1 unspecified atom stereocenters. The summed E-state index contributed by atoms with van der Waals surface area (Å²) in [7, 11) is 3.71. The standard InChI is InChI=1S/C20H21N5O/c1-14-6-4-5-7-17(14)18(15-8-10-21-11-9-15)24-19(26)16-12-22-20(23-13-16)25(2)3/h4-13,18H,1-3H3,(H,24,26). The van der Waals surface area contributed by atoms with E-state index in [-0.39, 0.29) is 11.9 Å². The number of nitrogens with one attached hydrogen (secondary N) is 1. The monoisotopic (exact) mass is 347 g/mol. The molecule has 132 valence electrons. The van der Waals surface area contributed by atoms with Crippen molar-refractivity contribution in [2.45, 2.75) is 13.0 Å². The summed E-state index contributed by atoms with van der Waals surface area (Å²) in [5, 5.41) is 3.10. The average Bonchev–Trinajstić information content (AvgIpc) is 2.67. The molecule has 0 saturated heterocycles. The minimum Gasteiger partial charge on any atom is -0.347 e. The molecular weight excluding hydrogens is 326 g/mol. The molecule has 0 spiro atoms. The number of benzene rings is 1. The zero-order valence-electron chi connectivity index (χ0n) is 15.0. The van der Waals surface area contributed by atoms with Crippen molar-refractivity contribution in [3.63, 3.8) is 0 Å². The van der Waals surface area contributed by atoms with Crippen molar-refractivity contribution in [3.8, 4) is 0 Å². The molecule has 0 aliphatic rings. The van der Waals surface area contributed by atoms with E-state index in [9.17, 15) is 4.79 Å². The van der Waals surface area contributed by atoms with Crippen molar-refractivity contribution in [3.05, 3.63) is 83.4 Å². The van der Waals surface area contributed by atoms with Gasteiger partial charge in [0, 0.05) is 38.9 Å². The van der Waals surface area contributed by atoms with Gasteiger partial charge in [-0.2, -0.15) is 0 Å². The number of amides is 1. The van der Waals surface area contributed by atoms with Crippen LogP contribution in [0, 0.1) is 6.92 Å². The maximum Gasteiger partial charge on any atom is 0.255 e. The lowest BCUT2D eigenvalue weighted by Crippen LogP contribution is -2.30. The Morgan fingerprint density at radius 3 is 2.31 bits per heavy atom. The van der Waals surface area contributed by atoms with E-state index in [2.05, 4.69) is 20.3 Å². The second-order valence-electron chi connectivity index (χ2n) is 6.21. The SMILES string of the molecule is Cc1ccccc1C(NC(=O)c1cnc(N(C)C)nc1)c1ccncc1. The van der Waals surface area contributed by atoms with Crippen LogP contribution in [0.4, 0.5) is 5.95 Å². The molecule has 3 aromatic rings. The summed E-state index contributed by atoms with van der Waals surface area (Å²) >= 11 is 0. The first kappa shape index (κ1) is 17.5. The molecule has 1 N–H and O–H groups in total. The maximum atomic E-state index is 12.8. The lowest BCUT2D eigenvalue weighted by atomic mass is 9.95. The van der Waals surface area contributed by atoms with Gasteiger partial charge in [-0.05, 0) is 35.7 Å². The zero-order chi connectivity index (χ0) is 18.5. The van der Waals surface area contributed by atoms with Crippen LogP contribution < -0.4 is 10.2 Å². The number of carbonyl (C=O) groups is 1. The summed E-state index contributed by atoms with van der Waals surface area (Å²) in [5.41, 5.74) is 3.53. The van der Waals surface area contributed by atoms with Crippen LogP contribution in [-0.4, -0.2) is 35.0 Å². The summed E-state index contributed by atoms with van der Waals surface area (Å²) in [6.45, 7) is 2.03. The van der Waals surface area contributed by atoms with E-state index in [0.29, 0.717) is 11.5 Å². The molecule has 26 heavy (non-hydrogen) atoms. The van der Waals surface area contributed by atoms with Crippen LogP contribution >= 0.6 is 0 Å². The number of anilines is 1. The Kier molecular flexibility index (Phi) is 5.22. The topological polar surface area (TPSA) is 71.0 Å². The fourth-order valence-electron chi connectivity index (χ4n) is 2.69. The Morgan fingerprint density at radius 1 is 1.04 bits per heavy atom. The van der Waals surface area contributed by atoms with Crippen LogP contribution in [0.3, 0.4) is 0 Å². The summed E-state index contributed by atoms with van der Waals surface area (Å²) in [4.78, 5) is 27.1. The lowest BCUT2D eigenvalue weighted by molar-refractivity contribution is 0.0942. The molecule has 2 heterocycles. The highest BCUT2D eigenvalue weighted by Gasteiger charge is 2.19. The molecule has 3 rings (SSSR count). The van der Waals surface area contributed by atoms with Gasteiger partial charge < -0.3 is 10.2 Å². The van der Waals surface area contributed by atoms with Gasteiger partial charge in [0.2, 0.25) is 5.95 Å². The van der Waals surface area contributed by atoms with Gasteiger partial charge in [0.05, 0.1) is 11.6 Å². The number of rotatable bonds is 5. The summed E-state index contributed by atoms with van der Waals surface area (Å²) in [5.74, 6) is 0.339. The van der Waals surface area contributed by atoms with Crippen LogP contribution in [0.15, 0.2) is 61.2 Å². The van der Waals surface area contributed by atoms with E-state index in [1.807, 2.05) is 57.4 Å². The largest absolute Gasteiger partial charge is 0.347 e. The van der Waals surface area contributed by atoms with Gasteiger partial charge in [-0.15, -0.1) is 0 Å². The molecule has 0 fully saturated rings. The van der Waals surface area contributed by atoms with E-state index in [1.165, 1.54) is 0 Å². The first-order chi connectivity index (χ1) is 12.6. The predicted octanol–water partition coefficient (Wildman–Crippen LogP) is 2.77. The zero-order valence-corrected chi connectivity index (χ0v) is 15.0. The Labute approximate surface area is 153 Å². The van der Waals surface area contributed by atoms with E-state index >= 15 is 0 Å². The third-order valence-electron chi connectivity index (χ3n) is 4.11. The quantitative estimate of drug-likeness (QED) is 0.768. The van der Waals surface area contributed by atoms with Crippen molar-refractivity contribution >= 4 is 11.9 Å². The molecule has 0 radical (unpaired) electrons. The number of aryl methyl sites for hydroxylation is 1. The molecule has 0 saturated carbocycles.